The Bertz CT molecular complexity index is 777. The summed E-state index contributed by atoms with van der Waals surface area (Å²) >= 11 is 6.10. The highest BCUT2D eigenvalue weighted by Gasteiger charge is 2.32. The molecule has 1 aliphatic rings. The van der Waals surface area contributed by atoms with Gasteiger partial charge >= 0.3 is 0 Å². The van der Waals surface area contributed by atoms with Crippen molar-refractivity contribution in [1.82, 2.24) is 4.90 Å². The van der Waals surface area contributed by atoms with Crippen LogP contribution in [0.5, 0.6) is 5.75 Å². The molecular weight excluding hydrogens is 367 g/mol. The number of nitrogens with two attached hydrogens (primary N) is 1. The lowest BCUT2D eigenvalue weighted by Gasteiger charge is -2.35. The number of ether oxygens (including phenoxy) is 1. The molecule has 6 heteroatoms. The van der Waals surface area contributed by atoms with Crippen LogP contribution in [0.2, 0.25) is 5.02 Å². The summed E-state index contributed by atoms with van der Waals surface area (Å²) in [5.41, 5.74) is 6.73. The molecule has 1 saturated heterocycles. The van der Waals surface area contributed by atoms with Gasteiger partial charge in [0.15, 0.2) is 0 Å². The molecule has 2 atom stereocenters. The summed E-state index contributed by atoms with van der Waals surface area (Å²) in [5, 5.41) is 0.138. The lowest BCUT2D eigenvalue weighted by atomic mass is 9.90. The molecule has 2 unspecified atom stereocenters. The van der Waals surface area contributed by atoms with Crippen molar-refractivity contribution in [2.75, 3.05) is 13.1 Å². The maximum absolute atomic E-state index is 13.3. The van der Waals surface area contributed by atoms with Crippen molar-refractivity contribution in [2.45, 2.75) is 31.9 Å². The van der Waals surface area contributed by atoms with Gasteiger partial charge in [0.05, 0.1) is 5.02 Å². The fraction of sp³-hybridized carbons (Fsp3) is 0.381. The monoisotopic (exact) mass is 390 g/mol. The van der Waals surface area contributed by atoms with E-state index >= 15 is 0 Å². The zero-order valence-electron chi connectivity index (χ0n) is 15.3. The van der Waals surface area contributed by atoms with Gasteiger partial charge in [0.2, 0.25) is 6.10 Å². The minimum atomic E-state index is -0.832. The molecule has 0 spiro atoms. The summed E-state index contributed by atoms with van der Waals surface area (Å²) in [7, 11) is 0. The van der Waals surface area contributed by atoms with Crippen LogP contribution in [-0.4, -0.2) is 29.9 Å². The third-order valence-corrected chi connectivity index (χ3v) is 5.36. The van der Waals surface area contributed by atoms with E-state index in [1.54, 1.807) is 0 Å². The molecule has 2 N–H and O–H groups in total. The standard InChI is InChI=1S/C21H24ClFN2O2/c1-14(24)15-9-11-25(12-10-15)21(26)20(16-5-3-2-4-6-16)27-19-8-7-17(23)13-18(19)22/h2-8,13-15,20H,9-12,24H2,1H3. The normalized spacial score (nSPS) is 17.4. The number of piperidine rings is 1. The van der Waals surface area contributed by atoms with Crippen molar-refractivity contribution in [1.29, 1.82) is 0 Å². The number of rotatable bonds is 5. The van der Waals surface area contributed by atoms with Crippen molar-refractivity contribution in [2.24, 2.45) is 11.7 Å². The van der Waals surface area contributed by atoms with Crippen LogP contribution < -0.4 is 10.5 Å². The number of hydrogen-bond acceptors (Lipinski definition) is 3. The van der Waals surface area contributed by atoms with Crippen LogP contribution in [0.4, 0.5) is 4.39 Å². The van der Waals surface area contributed by atoms with Gasteiger partial charge in [0, 0.05) is 24.7 Å². The zero-order valence-corrected chi connectivity index (χ0v) is 16.0. The largest absolute Gasteiger partial charge is 0.474 e. The van der Waals surface area contributed by atoms with Crippen molar-refractivity contribution in [3.05, 3.63) is 64.9 Å². The minimum Gasteiger partial charge on any atom is -0.474 e. The Hall–Kier alpha value is -2.11. The van der Waals surface area contributed by atoms with E-state index in [1.807, 2.05) is 42.2 Å². The molecule has 2 aromatic carbocycles. The van der Waals surface area contributed by atoms with Gasteiger partial charge in [-0.1, -0.05) is 41.9 Å². The average Bonchev–Trinajstić information content (AvgIpc) is 2.67. The lowest BCUT2D eigenvalue weighted by Crippen LogP contribution is -2.45. The van der Waals surface area contributed by atoms with E-state index in [0.717, 1.165) is 18.4 Å². The van der Waals surface area contributed by atoms with Gasteiger partial charge < -0.3 is 15.4 Å². The third kappa shape index (κ3) is 4.79. The summed E-state index contributed by atoms with van der Waals surface area (Å²) in [6, 6.07) is 13.3. The summed E-state index contributed by atoms with van der Waals surface area (Å²) in [6.07, 6.45) is 0.922. The number of halogens is 2. The van der Waals surface area contributed by atoms with Gasteiger partial charge in [-0.05, 0) is 43.9 Å². The molecule has 144 valence electrons. The van der Waals surface area contributed by atoms with Crippen LogP contribution >= 0.6 is 11.6 Å². The van der Waals surface area contributed by atoms with Crippen molar-refractivity contribution in [3.8, 4) is 5.75 Å². The van der Waals surface area contributed by atoms with Gasteiger partial charge in [0.25, 0.3) is 5.91 Å². The first-order valence-electron chi connectivity index (χ1n) is 9.16. The van der Waals surface area contributed by atoms with E-state index in [4.69, 9.17) is 22.1 Å². The maximum atomic E-state index is 13.3. The molecule has 0 bridgehead atoms. The first kappa shape index (κ1) is 19.6. The van der Waals surface area contributed by atoms with Gasteiger partial charge in [-0.15, -0.1) is 0 Å². The van der Waals surface area contributed by atoms with Crippen LogP contribution in [0.3, 0.4) is 0 Å². The topological polar surface area (TPSA) is 55.6 Å². The Morgan fingerprint density at radius 1 is 1.22 bits per heavy atom. The van der Waals surface area contributed by atoms with Crippen LogP contribution in [0.15, 0.2) is 48.5 Å². The van der Waals surface area contributed by atoms with E-state index in [2.05, 4.69) is 0 Å². The summed E-state index contributed by atoms with van der Waals surface area (Å²) in [4.78, 5) is 15.0. The first-order chi connectivity index (χ1) is 13.0. The number of benzene rings is 2. The zero-order chi connectivity index (χ0) is 19.4. The second-order valence-electron chi connectivity index (χ2n) is 7.01. The minimum absolute atomic E-state index is 0.121. The molecule has 27 heavy (non-hydrogen) atoms. The second-order valence-corrected chi connectivity index (χ2v) is 7.41. The van der Waals surface area contributed by atoms with Gasteiger partial charge in [0.1, 0.15) is 11.6 Å². The molecule has 1 amide bonds. The first-order valence-corrected chi connectivity index (χ1v) is 9.54. The number of amides is 1. The van der Waals surface area contributed by atoms with Crippen molar-refractivity contribution < 1.29 is 13.9 Å². The Kier molecular flexibility index (Phi) is 6.34. The Labute approximate surface area is 164 Å². The van der Waals surface area contributed by atoms with E-state index in [1.165, 1.54) is 18.2 Å². The van der Waals surface area contributed by atoms with Gasteiger partial charge in [-0.25, -0.2) is 4.39 Å². The van der Waals surface area contributed by atoms with Gasteiger partial charge in [-0.2, -0.15) is 0 Å². The fourth-order valence-electron chi connectivity index (χ4n) is 3.40. The SMILES string of the molecule is CC(N)C1CCN(C(=O)C(Oc2ccc(F)cc2Cl)c2ccccc2)CC1. The molecule has 2 aromatic rings. The molecule has 1 fully saturated rings. The lowest BCUT2D eigenvalue weighted by molar-refractivity contribution is -0.140. The fourth-order valence-corrected chi connectivity index (χ4v) is 3.61. The number of carbonyl (C=O) groups is 1. The molecular formula is C21H24ClFN2O2. The van der Waals surface area contributed by atoms with Gasteiger partial charge in [-0.3, -0.25) is 4.79 Å². The van der Waals surface area contributed by atoms with E-state index in [9.17, 15) is 9.18 Å². The predicted molar refractivity (Wildman–Crippen MR) is 104 cm³/mol. The summed E-state index contributed by atoms with van der Waals surface area (Å²) in [6.45, 7) is 3.30. The molecule has 0 radical (unpaired) electrons. The Morgan fingerprint density at radius 3 is 2.48 bits per heavy atom. The summed E-state index contributed by atoms with van der Waals surface area (Å²) in [5.74, 6) is 0.139. The molecule has 0 aliphatic carbocycles. The van der Waals surface area contributed by atoms with Crippen molar-refractivity contribution in [3.63, 3.8) is 0 Å². The highest BCUT2D eigenvalue weighted by Crippen LogP contribution is 2.32. The predicted octanol–water partition coefficient (Wildman–Crippen LogP) is 4.19. The highest BCUT2D eigenvalue weighted by molar-refractivity contribution is 6.32. The number of hydrogen-bond donors (Lipinski definition) is 1. The number of nitrogens with zero attached hydrogens (tertiary/aromatic N) is 1. The quantitative estimate of drug-likeness (QED) is 0.833. The summed E-state index contributed by atoms with van der Waals surface area (Å²) < 4.78 is 19.3. The maximum Gasteiger partial charge on any atom is 0.268 e. The third-order valence-electron chi connectivity index (χ3n) is 5.06. The Morgan fingerprint density at radius 2 is 1.89 bits per heavy atom. The molecule has 4 nitrogen and oxygen atoms in total. The Balaban J connectivity index is 1.81. The molecule has 1 aliphatic heterocycles. The number of carbonyl (C=O) groups excluding carboxylic acids is 1. The molecule has 0 saturated carbocycles. The van der Waals surface area contributed by atoms with Crippen LogP contribution in [0, 0.1) is 11.7 Å². The van der Waals surface area contributed by atoms with E-state index in [-0.39, 0.29) is 22.7 Å². The molecule has 1 heterocycles. The van der Waals surface area contributed by atoms with E-state index < -0.39 is 11.9 Å². The van der Waals surface area contributed by atoms with E-state index in [0.29, 0.717) is 19.0 Å². The van der Waals surface area contributed by atoms with Crippen molar-refractivity contribution >= 4 is 17.5 Å². The smallest absolute Gasteiger partial charge is 0.268 e. The van der Waals surface area contributed by atoms with Crippen LogP contribution in [0.25, 0.3) is 0 Å². The van der Waals surface area contributed by atoms with Crippen LogP contribution in [0.1, 0.15) is 31.4 Å². The highest BCUT2D eigenvalue weighted by atomic mass is 35.5. The molecule has 0 aromatic heterocycles. The van der Waals surface area contributed by atoms with Crippen LogP contribution in [-0.2, 0) is 4.79 Å². The average molecular weight is 391 g/mol. The second kappa shape index (κ2) is 8.72. The number of likely N-dealkylation sites (tertiary alicyclic amines) is 1. The molecule has 3 rings (SSSR count).